The highest BCUT2D eigenvalue weighted by Crippen LogP contribution is 2.32. The van der Waals surface area contributed by atoms with Crippen LogP contribution in [0.15, 0.2) is 17.0 Å². The maximum Gasteiger partial charge on any atom is 0.221 e. The number of aryl methyl sites for hydroxylation is 2. The number of rotatable bonds is 10. The lowest BCUT2D eigenvalue weighted by Gasteiger charge is -2.41. The van der Waals surface area contributed by atoms with Crippen molar-refractivity contribution in [2.24, 2.45) is 5.92 Å². The van der Waals surface area contributed by atoms with Gasteiger partial charge in [-0.25, -0.2) is 4.31 Å². The van der Waals surface area contributed by atoms with Crippen molar-refractivity contribution in [1.29, 1.82) is 0 Å². The van der Waals surface area contributed by atoms with Crippen LogP contribution < -0.4 is 10.1 Å². The van der Waals surface area contributed by atoms with Gasteiger partial charge in [0.05, 0.1) is 7.11 Å². The van der Waals surface area contributed by atoms with E-state index in [2.05, 4.69) is 52.4 Å². The molecule has 0 radical (unpaired) electrons. The summed E-state index contributed by atoms with van der Waals surface area (Å²) in [5.74, 6) is 2.00. The van der Waals surface area contributed by atoms with E-state index in [-0.39, 0.29) is 5.91 Å². The molecule has 6 nitrogen and oxygen atoms in total. The molecule has 4 rings (SSSR count). The third-order valence-corrected chi connectivity index (χ3v) is 9.83. The van der Waals surface area contributed by atoms with Crippen LogP contribution in [-0.2, 0) is 4.79 Å². The Balaban J connectivity index is 1.11. The van der Waals surface area contributed by atoms with Crippen molar-refractivity contribution >= 4 is 17.9 Å². The molecule has 1 N–H and O–H groups in total. The molecular weight excluding hydrogens is 468 g/mol. The Kier molecular flexibility index (Phi) is 10.4. The summed E-state index contributed by atoms with van der Waals surface area (Å²) in [6.07, 6.45) is 11.1. The Hall–Kier alpha value is -1.28. The van der Waals surface area contributed by atoms with Gasteiger partial charge in [0, 0.05) is 49.6 Å². The Bertz CT molecular complexity index is 821. The summed E-state index contributed by atoms with van der Waals surface area (Å²) >= 11 is 1.72. The number of nitrogens with one attached hydrogen (secondary N) is 1. The first kappa shape index (κ1) is 27.7. The molecule has 2 saturated heterocycles. The second kappa shape index (κ2) is 13.5. The lowest BCUT2D eigenvalue weighted by atomic mass is 9.84. The Morgan fingerprint density at radius 3 is 2.28 bits per heavy atom. The molecule has 1 aromatic rings. The molecule has 2 heterocycles. The van der Waals surface area contributed by atoms with E-state index >= 15 is 0 Å². The van der Waals surface area contributed by atoms with Crippen LogP contribution in [0.25, 0.3) is 0 Å². The van der Waals surface area contributed by atoms with Crippen molar-refractivity contribution in [1.82, 2.24) is 19.4 Å². The summed E-state index contributed by atoms with van der Waals surface area (Å²) in [7, 11) is 3.77. The number of hydrogen-bond acceptors (Lipinski definition) is 6. The topological polar surface area (TPSA) is 48.1 Å². The molecule has 3 fully saturated rings. The van der Waals surface area contributed by atoms with Crippen LogP contribution in [0.3, 0.4) is 0 Å². The molecule has 0 bridgehead atoms. The highest BCUT2D eigenvalue weighted by molar-refractivity contribution is 7.97. The zero-order chi connectivity index (χ0) is 25.5. The number of ether oxygens (including phenoxy) is 1. The number of hydrogen-bond donors (Lipinski definition) is 1. The average molecular weight is 517 g/mol. The monoisotopic (exact) mass is 516 g/mol. The minimum atomic E-state index is 0.187. The average Bonchev–Trinajstić information content (AvgIpc) is 3.39. The molecule has 3 aliphatic rings. The van der Waals surface area contributed by atoms with E-state index < -0.39 is 0 Å². The van der Waals surface area contributed by atoms with Gasteiger partial charge in [0.25, 0.3) is 0 Å². The van der Waals surface area contributed by atoms with Crippen LogP contribution in [0, 0.1) is 19.8 Å². The zero-order valence-corrected chi connectivity index (χ0v) is 23.9. The molecular formula is C29H48N4O2S. The van der Waals surface area contributed by atoms with Gasteiger partial charge < -0.3 is 19.9 Å². The Morgan fingerprint density at radius 2 is 1.67 bits per heavy atom. The molecule has 1 amide bonds. The number of carbonyl (C=O) groups excluding carboxylic acids is 1. The predicted molar refractivity (Wildman–Crippen MR) is 150 cm³/mol. The minimum Gasteiger partial charge on any atom is -0.497 e. The summed E-state index contributed by atoms with van der Waals surface area (Å²) in [4.78, 5) is 19.3. The fourth-order valence-electron chi connectivity index (χ4n) is 6.36. The molecule has 0 aromatic heterocycles. The van der Waals surface area contributed by atoms with E-state index in [0.717, 1.165) is 50.2 Å². The molecule has 2 aliphatic heterocycles. The fraction of sp³-hybridized carbons (Fsp3) is 0.759. The number of likely N-dealkylation sites (tertiary alicyclic amines) is 2. The highest BCUT2D eigenvalue weighted by Gasteiger charge is 2.30. The van der Waals surface area contributed by atoms with Gasteiger partial charge >= 0.3 is 0 Å². The van der Waals surface area contributed by atoms with Crippen LogP contribution in [0.2, 0.25) is 0 Å². The standard InChI is InChI=1S/C29H48N4O2S/c1-22-19-27(35-4)20-23(2)29(22)36-31(3)16-13-28(34)30-25-11-17-33(18-12-25)26-9-7-24(8-10-26)21-32-14-5-6-15-32/h19-20,24-26H,5-18,21H2,1-4H3,(H,30,34). The number of carbonyl (C=O) groups is 1. The first-order valence-electron chi connectivity index (χ1n) is 14.2. The van der Waals surface area contributed by atoms with Crippen molar-refractivity contribution < 1.29 is 9.53 Å². The van der Waals surface area contributed by atoms with Gasteiger partial charge in [0.2, 0.25) is 5.91 Å². The van der Waals surface area contributed by atoms with E-state index in [0.29, 0.717) is 12.5 Å². The number of piperidine rings is 1. The van der Waals surface area contributed by atoms with Gasteiger partial charge in [-0.3, -0.25) is 4.79 Å². The van der Waals surface area contributed by atoms with Crippen LogP contribution in [0.1, 0.15) is 68.9 Å². The van der Waals surface area contributed by atoms with Crippen LogP contribution in [0.4, 0.5) is 0 Å². The largest absolute Gasteiger partial charge is 0.497 e. The minimum absolute atomic E-state index is 0.187. The maximum atomic E-state index is 12.7. The van der Waals surface area contributed by atoms with E-state index in [1.807, 2.05) is 0 Å². The number of amides is 1. The lowest BCUT2D eigenvalue weighted by molar-refractivity contribution is -0.122. The predicted octanol–water partition coefficient (Wildman–Crippen LogP) is 4.88. The van der Waals surface area contributed by atoms with Gasteiger partial charge in [-0.1, -0.05) is 0 Å². The molecule has 202 valence electrons. The van der Waals surface area contributed by atoms with Gasteiger partial charge in [-0.05, 0) is 126 Å². The van der Waals surface area contributed by atoms with E-state index in [4.69, 9.17) is 4.74 Å². The first-order chi connectivity index (χ1) is 17.4. The maximum absolute atomic E-state index is 12.7. The quantitative estimate of drug-likeness (QED) is 0.448. The van der Waals surface area contributed by atoms with Crippen molar-refractivity contribution in [3.63, 3.8) is 0 Å². The summed E-state index contributed by atoms with van der Waals surface area (Å²) in [6, 6.07) is 5.25. The van der Waals surface area contributed by atoms with Gasteiger partial charge in [0.15, 0.2) is 0 Å². The summed E-state index contributed by atoms with van der Waals surface area (Å²) in [6.45, 7) is 11.2. The molecule has 36 heavy (non-hydrogen) atoms. The fourth-order valence-corrected chi connectivity index (χ4v) is 7.26. The van der Waals surface area contributed by atoms with Crippen molar-refractivity contribution in [3.05, 3.63) is 23.3 Å². The Morgan fingerprint density at radius 1 is 1.03 bits per heavy atom. The second-order valence-electron chi connectivity index (χ2n) is 11.3. The molecule has 7 heteroatoms. The zero-order valence-electron chi connectivity index (χ0n) is 23.1. The lowest BCUT2D eigenvalue weighted by Crippen LogP contribution is -2.49. The van der Waals surface area contributed by atoms with Crippen molar-refractivity contribution in [2.75, 3.05) is 53.4 Å². The van der Waals surface area contributed by atoms with Crippen molar-refractivity contribution in [2.45, 2.75) is 88.6 Å². The van der Waals surface area contributed by atoms with E-state index in [1.165, 1.54) is 74.2 Å². The van der Waals surface area contributed by atoms with E-state index in [1.54, 1.807) is 19.1 Å². The van der Waals surface area contributed by atoms with Crippen LogP contribution in [-0.4, -0.2) is 85.5 Å². The van der Waals surface area contributed by atoms with Gasteiger partial charge in [-0.15, -0.1) is 0 Å². The number of benzene rings is 1. The van der Waals surface area contributed by atoms with Crippen LogP contribution >= 0.6 is 11.9 Å². The second-order valence-corrected chi connectivity index (χ2v) is 12.6. The van der Waals surface area contributed by atoms with Gasteiger partial charge in [0.1, 0.15) is 5.75 Å². The molecule has 1 aromatic carbocycles. The number of methoxy groups -OCH3 is 1. The third-order valence-electron chi connectivity index (χ3n) is 8.51. The normalized spacial score (nSPS) is 24.4. The molecule has 0 spiro atoms. The third kappa shape index (κ3) is 7.86. The smallest absolute Gasteiger partial charge is 0.221 e. The van der Waals surface area contributed by atoms with Crippen LogP contribution in [0.5, 0.6) is 5.75 Å². The molecule has 0 atom stereocenters. The van der Waals surface area contributed by atoms with Gasteiger partial charge in [-0.2, -0.15) is 0 Å². The highest BCUT2D eigenvalue weighted by atomic mass is 32.2. The molecule has 0 unspecified atom stereocenters. The SMILES string of the molecule is COc1cc(C)c(SN(C)CCC(=O)NC2CCN(C3CCC(CN4CCCC4)CC3)CC2)c(C)c1. The van der Waals surface area contributed by atoms with Crippen molar-refractivity contribution in [3.8, 4) is 5.75 Å². The Labute approximate surface area is 223 Å². The van der Waals surface area contributed by atoms with E-state index in [9.17, 15) is 4.79 Å². The summed E-state index contributed by atoms with van der Waals surface area (Å²) in [5, 5.41) is 3.32. The summed E-state index contributed by atoms with van der Waals surface area (Å²) < 4.78 is 7.54. The molecule has 1 aliphatic carbocycles. The summed E-state index contributed by atoms with van der Waals surface area (Å²) in [5.41, 5.74) is 2.42. The molecule has 1 saturated carbocycles. The first-order valence-corrected chi connectivity index (χ1v) is 15.0. The number of nitrogens with zero attached hydrogens (tertiary/aromatic N) is 3.